The van der Waals surface area contributed by atoms with Gasteiger partial charge in [0.05, 0.1) is 11.0 Å². The van der Waals surface area contributed by atoms with Gasteiger partial charge < -0.3 is 13.4 Å². The molecule has 6 nitrogen and oxygen atoms in total. The third-order valence-electron chi connectivity index (χ3n) is 12.2. The zero-order valence-electron chi connectivity index (χ0n) is 36.4. The summed E-state index contributed by atoms with van der Waals surface area (Å²) < 4.78 is 15.0. The Morgan fingerprint density at radius 3 is 1.53 bits per heavy atom. The van der Waals surface area contributed by atoms with Gasteiger partial charge in [0, 0.05) is 60.3 Å². The minimum atomic E-state index is 0.574. The third kappa shape index (κ3) is 6.70. The highest BCUT2D eigenvalue weighted by atomic mass is 16.3. The number of rotatable bonds is 6. The summed E-state index contributed by atoms with van der Waals surface area (Å²) in [5, 5.41) is 6.75. The Balaban J connectivity index is 0.00000148. The normalized spacial score (nSPS) is 11.5. The molecular formula is C60H42N4O2. The summed E-state index contributed by atoms with van der Waals surface area (Å²) in [5.41, 5.74) is 13.8. The zero-order chi connectivity index (χ0) is 44.1. The molecule has 314 valence electrons. The number of hydrogen-bond donors (Lipinski definition) is 0. The smallest absolute Gasteiger partial charge is 0.164 e. The van der Waals surface area contributed by atoms with Crippen molar-refractivity contribution in [2.75, 3.05) is 0 Å². The molecule has 6 heteroatoms. The summed E-state index contributed by atoms with van der Waals surface area (Å²) in [6.45, 7) is 4.25. The SMILES string of the molecule is CCC.c1ccc(-c2nc(-c3cccc(-n4c5ccccc5c5cccc(-c6cccc(-c7ccc8c(c7)oc7ccccc78)c6)c54)c3)nc(-c3ccc4c(c3)oc3ccccc34)n2)cc1. The lowest BCUT2D eigenvalue weighted by Gasteiger charge is -2.14. The van der Waals surface area contributed by atoms with Gasteiger partial charge in [0.1, 0.15) is 22.3 Å². The van der Waals surface area contributed by atoms with Crippen LogP contribution in [0.3, 0.4) is 0 Å². The van der Waals surface area contributed by atoms with E-state index in [1.165, 1.54) is 17.2 Å². The van der Waals surface area contributed by atoms with E-state index < -0.39 is 0 Å². The van der Waals surface area contributed by atoms with Crippen molar-refractivity contribution in [3.8, 4) is 62.1 Å². The Kier molecular flexibility index (Phi) is 9.57. The Bertz CT molecular complexity index is 3950. The fraction of sp³-hybridized carbons (Fsp3) is 0.0500. The topological polar surface area (TPSA) is 69.9 Å². The highest BCUT2D eigenvalue weighted by molar-refractivity contribution is 6.14. The fourth-order valence-electron chi connectivity index (χ4n) is 9.29. The van der Waals surface area contributed by atoms with Crippen LogP contribution in [-0.2, 0) is 0 Å². The monoisotopic (exact) mass is 850 g/mol. The standard InChI is InChI=1S/C57H34N4O2.C3H8/c1-2-13-35(14-3-1)55-58-56(60-57(59-55)40-28-30-47-45-21-6-9-26-51(45)63-53(47)34-40)39-17-11-18-41(32-39)61-49-24-7-4-19-43(49)48-23-12-22-42(54(48)61)38-16-10-15-36(31-38)37-27-29-46-44-20-5-8-25-50(44)62-52(46)33-37;1-3-2/h1-34H;3H2,1-2H3. The van der Waals surface area contributed by atoms with Crippen LogP contribution in [-0.4, -0.2) is 19.5 Å². The molecule has 66 heavy (non-hydrogen) atoms. The van der Waals surface area contributed by atoms with E-state index in [1.54, 1.807) is 0 Å². The van der Waals surface area contributed by atoms with E-state index in [4.69, 9.17) is 23.8 Å². The first-order valence-corrected chi connectivity index (χ1v) is 22.5. The van der Waals surface area contributed by atoms with E-state index in [9.17, 15) is 0 Å². The summed E-state index contributed by atoms with van der Waals surface area (Å²) in [7, 11) is 0. The molecule has 4 heterocycles. The molecule has 0 aliphatic rings. The predicted octanol–water partition coefficient (Wildman–Crippen LogP) is 16.5. The molecule has 0 atom stereocenters. The van der Waals surface area contributed by atoms with E-state index in [0.717, 1.165) is 99.5 Å². The molecule has 13 rings (SSSR count). The van der Waals surface area contributed by atoms with Crippen molar-refractivity contribution in [2.45, 2.75) is 20.3 Å². The van der Waals surface area contributed by atoms with E-state index in [0.29, 0.717) is 17.5 Å². The first-order chi connectivity index (χ1) is 32.6. The van der Waals surface area contributed by atoms with Crippen LogP contribution in [0.1, 0.15) is 20.3 Å². The second-order valence-electron chi connectivity index (χ2n) is 16.7. The molecular weight excluding hydrogens is 809 g/mol. The average molecular weight is 851 g/mol. The maximum absolute atomic E-state index is 6.29. The highest BCUT2D eigenvalue weighted by Gasteiger charge is 2.19. The maximum atomic E-state index is 6.29. The lowest BCUT2D eigenvalue weighted by Crippen LogP contribution is -2.01. The van der Waals surface area contributed by atoms with Gasteiger partial charge in [-0.2, -0.15) is 0 Å². The van der Waals surface area contributed by atoms with Crippen molar-refractivity contribution in [1.29, 1.82) is 0 Å². The molecule has 0 radical (unpaired) electrons. The second-order valence-corrected chi connectivity index (χ2v) is 16.7. The number of nitrogens with zero attached hydrogens (tertiary/aromatic N) is 4. The first-order valence-electron chi connectivity index (χ1n) is 22.5. The summed E-state index contributed by atoms with van der Waals surface area (Å²) in [4.78, 5) is 15.3. The van der Waals surface area contributed by atoms with Crippen LogP contribution >= 0.6 is 0 Å². The Hall–Kier alpha value is -8.61. The lowest BCUT2D eigenvalue weighted by molar-refractivity contribution is 0.668. The van der Waals surface area contributed by atoms with Gasteiger partial charge in [-0.25, -0.2) is 15.0 Å². The van der Waals surface area contributed by atoms with Crippen LogP contribution in [0.15, 0.2) is 215 Å². The van der Waals surface area contributed by atoms with Crippen LogP contribution in [0.2, 0.25) is 0 Å². The number of fused-ring (bicyclic) bond motifs is 9. The van der Waals surface area contributed by atoms with Gasteiger partial charge in [-0.1, -0.05) is 166 Å². The van der Waals surface area contributed by atoms with Crippen LogP contribution in [0.5, 0.6) is 0 Å². The molecule has 0 aliphatic carbocycles. The molecule has 0 amide bonds. The van der Waals surface area contributed by atoms with Crippen molar-refractivity contribution in [3.63, 3.8) is 0 Å². The summed E-state index contributed by atoms with van der Waals surface area (Å²) in [6, 6.07) is 71.7. The van der Waals surface area contributed by atoms with Gasteiger partial charge in [0.15, 0.2) is 17.5 Å². The molecule has 9 aromatic carbocycles. The van der Waals surface area contributed by atoms with Crippen LogP contribution in [0.25, 0.3) is 128 Å². The quantitative estimate of drug-likeness (QED) is 0.167. The average Bonchev–Trinajstić information content (AvgIpc) is 4.06. The number of hydrogen-bond acceptors (Lipinski definition) is 5. The number of furan rings is 2. The largest absolute Gasteiger partial charge is 0.456 e. The molecule has 0 N–H and O–H groups in total. The van der Waals surface area contributed by atoms with Crippen LogP contribution in [0, 0.1) is 0 Å². The molecule has 0 unspecified atom stereocenters. The van der Waals surface area contributed by atoms with E-state index in [2.05, 4.69) is 158 Å². The molecule has 0 saturated carbocycles. The number of aromatic nitrogens is 4. The molecule has 0 fully saturated rings. The molecule has 0 aliphatic heterocycles. The lowest BCUT2D eigenvalue weighted by atomic mass is 9.97. The molecule has 4 aromatic heterocycles. The second kappa shape index (κ2) is 16.2. The van der Waals surface area contributed by atoms with Crippen LogP contribution < -0.4 is 0 Å². The van der Waals surface area contributed by atoms with Crippen molar-refractivity contribution >= 4 is 65.7 Å². The fourth-order valence-corrected chi connectivity index (χ4v) is 9.29. The van der Waals surface area contributed by atoms with Crippen molar-refractivity contribution in [3.05, 3.63) is 206 Å². The third-order valence-corrected chi connectivity index (χ3v) is 12.2. The van der Waals surface area contributed by atoms with Gasteiger partial charge in [0.2, 0.25) is 0 Å². The molecule has 0 saturated heterocycles. The van der Waals surface area contributed by atoms with Crippen molar-refractivity contribution in [1.82, 2.24) is 19.5 Å². The Morgan fingerprint density at radius 2 is 0.818 bits per heavy atom. The Morgan fingerprint density at radius 1 is 0.348 bits per heavy atom. The van der Waals surface area contributed by atoms with Crippen molar-refractivity contribution < 1.29 is 8.83 Å². The first kappa shape index (κ1) is 39.0. The maximum Gasteiger partial charge on any atom is 0.164 e. The molecule has 0 bridgehead atoms. The van der Waals surface area contributed by atoms with E-state index >= 15 is 0 Å². The zero-order valence-corrected chi connectivity index (χ0v) is 36.4. The minimum absolute atomic E-state index is 0.574. The minimum Gasteiger partial charge on any atom is -0.456 e. The number of para-hydroxylation sites is 4. The number of benzene rings is 9. The highest BCUT2D eigenvalue weighted by Crippen LogP contribution is 2.41. The predicted molar refractivity (Wildman–Crippen MR) is 272 cm³/mol. The van der Waals surface area contributed by atoms with Gasteiger partial charge >= 0.3 is 0 Å². The van der Waals surface area contributed by atoms with E-state index in [1.807, 2.05) is 66.7 Å². The van der Waals surface area contributed by atoms with Gasteiger partial charge in [-0.3, -0.25) is 0 Å². The van der Waals surface area contributed by atoms with Gasteiger partial charge in [0.25, 0.3) is 0 Å². The Labute approximate surface area is 381 Å². The summed E-state index contributed by atoms with van der Waals surface area (Å²) >= 11 is 0. The van der Waals surface area contributed by atoms with Crippen molar-refractivity contribution in [2.24, 2.45) is 0 Å². The van der Waals surface area contributed by atoms with Gasteiger partial charge in [-0.05, 0) is 77.4 Å². The van der Waals surface area contributed by atoms with Crippen LogP contribution in [0.4, 0.5) is 0 Å². The summed E-state index contributed by atoms with van der Waals surface area (Å²) in [6.07, 6.45) is 1.25. The van der Waals surface area contributed by atoms with Gasteiger partial charge in [-0.15, -0.1) is 0 Å². The molecule has 0 spiro atoms. The van der Waals surface area contributed by atoms with E-state index in [-0.39, 0.29) is 0 Å². The molecule has 13 aromatic rings. The summed E-state index contributed by atoms with van der Waals surface area (Å²) in [5.74, 6) is 1.76.